The Bertz CT molecular complexity index is 721. The van der Waals surface area contributed by atoms with Gasteiger partial charge in [0.2, 0.25) is 0 Å². The smallest absolute Gasteiger partial charge is 0.258 e. The SMILES string of the molecule is N#C/C(=C/c1ccc(Cl)c([N+](=O)[O-])c1)c1ccccn1. The lowest BCUT2D eigenvalue weighted by Gasteiger charge is -2.00. The Morgan fingerprint density at radius 1 is 1.40 bits per heavy atom. The molecule has 0 unspecified atom stereocenters. The van der Waals surface area contributed by atoms with Gasteiger partial charge in [0.05, 0.1) is 16.2 Å². The van der Waals surface area contributed by atoms with E-state index in [1.807, 2.05) is 6.07 Å². The monoisotopic (exact) mass is 285 g/mol. The number of hydrogen-bond acceptors (Lipinski definition) is 4. The molecule has 5 nitrogen and oxygen atoms in total. The quantitative estimate of drug-likeness (QED) is 0.489. The molecule has 2 aromatic rings. The van der Waals surface area contributed by atoms with Crippen molar-refractivity contribution >= 4 is 28.9 Å². The summed E-state index contributed by atoms with van der Waals surface area (Å²) >= 11 is 5.74. The van der Waals surface area contributed by atoms with Crippen LogP contribution in [0.25, 0.3) is 11.6 Å². The summed E-state index contributed by atoms with van der Waals surface area (Å²) in [5, 5.41) is 20.0. The Morgan fingerprint density at radius 3 is 2.80 bits per heavy atom. The zero-order valence-corrected chi connectivity index (χ0v) is 10.9. The molecule has 1 aromatic carbocycles. The van der Waals surface area contributed by atoms with Gasteiger partial charge in [0.25, 0.3) is 5.69 Å². The normalized spacial score (nSPS) is 10.9. The predicted octanol–water partition coefficient (Wildman–Crippen LogP) is 3.71. The van der Waals surface area contributed by atoms with Crippen LogP contribution in [0.15, 0.2) is 42.6 Å². The van der Waals surface area contributed by atoms with Gasteiger partial charge in [-0.1, -0.05) is 23.7 Å². The molecular weight excluding hydrogens is 278 g/mol. The van der Waals surface area contributed by atoms with Crippen molar-refractivity contribution in [2.75, 3.05) is 0 Å². The number of halogens is 1. The first-order chi connectivity index (χ1) is 9.61. The summed E-state index contributed by atoms with van der Waals surface area (Å²) < 4.78 is 0. The third kappa shape index (κ3) is 2.99. The van der Waals surface area contributed by atoms with E-state index in [-0.39, 0.29) is 10.7 Å². The highest BCUT2D eigenvalue weighted by Gasteiger charge is 2.12. The molecule has 1 heterocycles. The average Bonchev–Trinajstić information content (AvgIpc) is 2.47. The maximum Gasteiger partial charge on any atom is 0.288 e. The number of nitro groups is 1. The molecule has 6 heteroatoms. The van der Waals surface area contributed by atoms with Crippen molar-refractivity contribution in [3.63, 3.8) is 0 Å². The van der Waals surface area contributed by atoms with Crippen molar-refractivity contribution in [1.82, 2.24) is 4.98 Å². The number of nitriles is 1. The van der Waals surface area contributed by atoms with E-state index in [1.165, 1.54) is 18.2 Å². The van der Waals surface area contributed by atoms with Gasteiger partial charge in [-0.05, 0) is 29.8 Å². The highest BCUT2D eigenvalue weighted by molar-refractivity contribution is 6.32. The predicted molar refractivity (Wildman–Crippen MR) is 75.8 cm³/mol. The molecule has 0 saturated heterocycles. The van der Waals surface area contributed by atoms with E-state index in [0.29, 0.717) is 16.8 Å². The summed E-state index contributed by atoms with van der Waals surface area (Å²) in [6.45, 7) is 0. The Hall–Kier alpha value is -2.71. The summed E-state index contributed by atoms with van der Waals surface area (Å²) in [5.74, 6) is 0. The Balaban J connectivity index is 2.47. The topological polar surface area (TPSA) is 79.8 Å². The van der Waals surface area contributed by atoms with Crippen LogP contribution in [0.1, 0.15) is 11.3 Å². The van der Waals surface area contributed by atoms with Crippen LogP contribution >= 0.6 is 11.6 Å². The number of benzene rings is 1. The molecule has 98 valence electrons. The molecular formula is C14H8ClN3O2. The molecule has 0 atom stereocenters. The minimum Gasteiger partial charge on any atom is -0.258 e. The molecule has 0 fully saturated rings. The second kappa shape index (κ2) is 5.95. The molecule has 0 aliphatic heterocycles. The first-order valence-corrected chi connectivity index (χ1v) is 5.97. The highest BCUT2D eigenvalue weighted by atomic mass is 35.5. The molecule has 0 aliphatic carbocycles. The second-order valence-corrected chi connectivity index (χ2v) is 4.26. The van der Waals surface area contributed by atoms with Crippen LogP contribution in [0.3, 0.4) is 0 Å². The fourth-order valence-corrected chi connectivity index (χ4v) is 1.80. The zero-order valence-electron chi connectivity index (χ0n) is 10.2. The molecule has 0 spiro atoms. The maximum atomic E-state index is 10.8. The maximum absolute atomic E-state index is 10.8. The lowest BCUT2D eigenvalue weighted by Crippen LogP contribution is -1.90. The van der Waals surface area contributed by atoms with Gasteiger partial charge in [-0.2, -0.15) is 5.26 Å². The third-order valence-electron chi connectivity index (χ3n) is 2.54. The van der Waals surface area contributed by atoms with Gasteiger partial charge in [0.15, 0.2) is 0 Å². The van der Waals surface area contributed by atoms with Crippen LogP contribution < -0.4 is 0 Å². The van der Waals surface area contributed by atoms with Crippen molar-refractivity contribution in [3.8, 4) is 6.07 Å². The minimum atomic E-state index is -0.563. The molecule has 0 aliphatic rings. The van der Waals surface area contributed by atoms with Gasteiger partial charge >= 0.3 is 0 Å². The average molecular weight is 286 g/mol. The Labute approximate surface area is 119 Å². The molecule has 0 amide bonds. The Morgan fingerprint density at radius 2 is 2.20 bits per heavy atom. The van der Waals surface area contributed by atoms with Crippen LogP contribution in [0.2, 0.25) is 5.02 Å². The van der Waals surface area contributed by atoms with Crippen molar-refractivity contribution in [1.29, 1.82) is 5.26 Å². The first kappa shape index (κ1) is 13.7. The van der Waals surface area contributed by atoms with Gasteiger partial charge in [-0.25, -0.2) is 0 Å². The van der Waals surface area contributed by atoms with E-state index in [9.17, 15) is 10.1 Å². The summed E-state index contributed by atoms with van der Waals surface area (Å²) in [6, 6.07) is 11.6. The number of nitro benzene ring substituents is 1. The number of nitrogens with zero attached hydrogens (tertiary/aromatic N) is 3. The minimum absolute atomic E-state index is 0.0588. The van der Waals surface area contributed by atoms with Crippen molar-refractivity contribution in [2.45, 2.75) is 0 Å². The zero-order chi connectivity index (χ0) is 14.5. The Kier molecular flexibility index (Phi) is 4.08. The molecule has 0 radical (unpaired) electrons. The van der Waals surface area contributed by atoms with Crippen molar-refractivity contribution in [3.05, 3.63) is 69.0 Å². The van der Waals surface area contributed by atoms with E-state index >= 15 is 0 Å². The van der Waals surface area contributed by atoms with Crippen molar-refractivity contribution in [2.24, 2.45) is 0 Å². The summed E-state index contributed by atoms with van der Waals surface area (Å²) in [4.78, 5) is 14.3. The van der Waals surface area contributed by atoms with E-state index in [4.69, 9.17) is 16.9 Å². The lowest BCUT2D eigenvalue weighted by atomic mass is 10.1. The number of allylic oxidation sites excluding steroid dienone is 1. The van der Waals surface area contributed by atoms with E-state index in [0.717, 1.165) is 0 Å². The standard InChI is InChI=1S/C14H8ClN3O2/c15-12-5-4-10(8-14(12)18(19)20)7-11(9-16)13-3-1-2-6-17-13/h1-8H/b11-7-. The number of pyridine rings is 1. The van der Waals surface area contributed by atoms with Gasteiger partial charge in [-0.15, -0.1) is 0 Å². The molecule has 0 bridgehead atoms. The third-order valence-corrected chi connectivity index (χ3v) is 2.86. The van der Waals surface area contributed by atoms with Gasteiger partial charge in [-0.3, -0.25) is 15.1 Å². The van der Waals surface area contributed by atoms with E-state index < -0.39 is 4.92 Å². The number of rotatable bonds is 3. The number of hydrogen-bond donors (Lipinski definition) is 0. The van der Waals surface area contributed by atoms with Gasteiger partial charge in [0.1, 0.15) is 11.1 Å². The molecule has 1 aromatic heterocycles. The first-order valence-electron chi connectivity index (χ1n) is 5.59. The van der Waals surface area contributed by atoms with Crippen LogP contribution in [0.4, 0.5) is 5.69 Å². The highest BCUT2D eigenvalue weighted by Crippen LogP contribution is 2.26. The van der Waals surface area contributed by atoms with Gasteiger partial charge in [0, 0.05) is 12.3 Å². The van der Waals surface area contributed by atoms with Gasteiger partial charge < -0.3 is 0 Å². The van der Waals surface area contributed by atoms with Crippen LogP contribution in [-0.2, 0) is 0 Å². The van der Waals surface area contributed by atoms with E-state index in [2.05, 4.69) is 4.98 Å². The molecule has 20 heavy (non-hydrogen) atoms. The molecule has 2 rings (SSSR count). The van der Waals surface area contributed by atoms with Crippen LogP contribution in [0.5, 0.6) is 0 Å². The lowest BCUT2D eigenvalue weighted by molar-refractivity contribution is -0.384. The summed E-state index contributed by atoms with van der Waals surface area (Å²) in [6.07, 6.45) is 3.11. The molecule has 0 saturated carbocycles. The van der Waals surface area contributed by atoms with E-state index in [1.54, 1.807) is 30.5 Å². The number of aromatic nitrogens is 1. The summed E-state index contributed by atoms with van der Waals surface area (Å²) in [5.41, 5.74) is 1.15. The largest absolute Gasteiger partial charge is 0.288 e. The molecule has 0 N–H and O–H groups in total. The fourth-order valence-electron chi connectivity index (χ4n) is 1.61. The summed E-state index contributed by atoms with van der Waals surface area (Å²) in [7, 11) is 0. The van der Waals surface area contributed by atoms with Crippen LogP contribution in [-0.4, -0.2) is 9.91 Å². The van der Waals surface area contributed by atoms with Crippen molar-refractivity contribution < 1.29 is 4.92 Å². The fraction of sp³-hybridized carbons (Fsp3) is 0. The second-order valence-electron chi connectivity index (χ2n) is 3.85. The van der Waals surface area contributed by atoms with Crippen LogP contribution in [0, 0.1) is 21.4 Å².